The number of rotatable bonds is 6. The van der Waals surface area contributed by atoms with Crippen LogP contribution in [0, 0.1) is 0 Å². The van der Waals surface area contributed by atoms with Gasteiger partial charge in [0.1, 0.15) is 17.6 Å². The second-order valence-corrected chi connectivity index (χ2v) is 7.98. The van der Waals surface area contributed by atoms with Gasteiger partial charge in [-0.1, -0.05) is 11.3 Å². The largest absolute Gasteiger partial charge is 0.479 e. The molecule has 2 N–H and O–H groups in total. The van der Waals surface area contributed by atoms with E-state index < -0.39 is 13.0 Å². The van der Waals surface area contributed by atoms with E-state index in [0.29, 0.717) is 28.4 Å². The van der Waals surface area contributed by atoms with Gasteiger partial charge in [0.05, 0.1) is 18.7 Å². The van der Waals surface area contributed by atoms with Gasteiger partial charge in [0.25, 0.3) is 6.43 Å². The number of anilines is 1. The normalized spacial score (nSPS) is 19.2. The van der Waals surface area contributed by atoms with E-state index in [1.54, 1.807) is 23.8 Å². The molecule has 3 aromatic heterocycles. The third kappa shape index (κ3) is 3.83. The smallest absolute Gasteiger partial charge is 0.258 e. The molecule has 3 heterocycles. The Kier molecular flexibility index (Phi) is 5.33. The molecular formula is C21H23F2N7O2. The fourth-order valence-corrected chi connectivity index (χ4v) is 4.23. The number of aromatic nitrogens is 6. The Morgan fingerprint density at radius 1 is 1.22 bits per heavy atom. The number of fused-ring (bicyclic) bond motifs is 2. The first kappa shape index (κ1) is 20.6. The number of nitrogens with zero attached hydrogens (tertiary/aromatic N) is 6. The predicted molar refractivity (Wildman–Crippen MR) is 114 cm³/mol. The van der Waals surface area contributed by atoms with Gasteiger partial charge in [0, 0.05) is 17.8 Å². The maximum Gasteiger partial charge on any atom is 0.258 e. The molecule has 0 unspecified atom stereocenters. The molecule has 9 nitrogen and oxygen atoms in total. The summed E-state index contributed by atoms with van der Waals surface area (Å²) in [5.41, 5.74) is 3.34. The molecule has 1 aliphatic rings. The minimum absolute atomic E-state index is 0.195. The lowest BCUT2D eigenvalue weighted by atomic mass is 9.93. The lowest BCUT2D eigenvalue weighted by Crippen LogP contribution is -2.29. The lowest BCUT2D eigenvalue weighted by molar-refractivity contribution is 0.122. The molecule has 0 radical (unpaired) electrons. The third-order valence-corrected chi connectivity index (χ3v) is 5.84. The first-order chi connectivity index (χ1) is 15.5. The van der Waals surface area contributed by atoms with Gasteiger partial charge in [-0.05, 0) is 49.4 Å². The Morgan fingerprint density at radius 2 is 2.03 bits per heavy atom. The van der Waals surface area contributed by atoms with Crippen LogP contribution in [0.1, 0.15) is 25.7 Å². The van der Waals surface area contributed by atoms with Crippen molar-refractivity contribution in [1.82, 2.24) is 29.6 Å². The number of aliphatic hydroxyl groups excluding tert-OH is 1. The number of benzene rings is 1. The van der Waals surface area contributed by atoms with Crippen LogP contribution in [0.25, 0.3) is 27.7 Å². The third-order valence-electron chi connectivity index (χ3n) is 5.84. The second kappa shape index (κ2) is 8.30. The number of nitrogens with one attached hydrogen (secondary N) is 1. The molecule has 0 aliphatic heterocycles. The zero-order valence-electron chi connectivity index (χ0n) is 17.4. The molecular weight excluding hydrogens is 420 g/mol. The molecule has 5 rings (SSSR count). The highest BCUT2D eigenvalue weighted by atomic mass is 19.3. The van der Waals surface area contributed by atoms with Crippen LogP contribution in [0.15, 0.2) is 30.5 Å². The maximum absolute atomic E-state index is 12.9. The van der Waals surface area contributed by atoms with Crippen LogP contribution >= 0.6 is 0 Å². The van der Waals surface area contributed by atoms with Crippen molar-refractivity contribution >= 4 is 22.5 Å². The highest BCUT2D eigenvalue weighted by molar-refractivity contribution is 5.89. The second-order valence-electron chi connectivity index (χ2n) is 7.98. The van der Waals surface area contributed by atoms with Crippen LogP contribution in [0.3, 0.4) is 0 Å². The topological polar surface area (TPSA) is 102 Å². The summed E-state index contributed by atoms with van der Waals surface area (Å²) in [5.74, 6) is 0.852. The predicted octanol–water partition coefficient (Wildman–Crippen LogP) is 3.13. The Labute approximate surface area is 182 Å². The molecule has 0 bridgehead atoms. The molecule has 1 aromatic carbocycles. The average molecular weight is 443 g/mol. The van der Waals surface area contributed by atoms with Crippen molar-refractivity contribution in [2.45, 2.75) is 50.8 Å². The highest BCUT2D eigenvalue weighted by Crippen LogP contribution is 2.33. The molecule has 4 aromatic rings. The first-order valence-corrected chi connectivity index (χ1v) is 10.5. The zero-order chi connectivity index (χ0) is 22.2. The van der Waals surface area contributed by atoms with E-state index in [9.17, 15) is 13.9 Å². The van der Waals surface area contributed by atoms with Crippen molar-refractivity contribution in [3.8, 4) is 17.0 Å². The van der Waals surface area contributed by atoms with E-state index in [0.717, 1.165) is 36.8 Å². The number of hydrogen-bond donors (Lipinski definition) is 2. The quantitative estimate of drug-likeness (QED) is 0.472. The maximum atomic E-state index is 12.9. The Morgan fingerprint density at radius 3 is 2.78 bits per heavy atom. The summed E-state index contributed by atoms with van der Waals surface area (Å²) < 4.78 is 34.2. The van der Waals surface area contributed by atoms with Gasteiger partial charge in [-0.25, -0.2) is 18.0 Å². The molecule has 1 aliphatic carbocycles. The fourth-order valence-electron chi connectivity index (χ4n) is 4.23. The monoisotopic (exact) mass is 443 g/mol. The van der Waals surface area contributed by atoms with E-state index >= 15 is 0 Å². The summed E-state index contributed by atoms with van der Waals surface area (Å²) in [4.78, 5) is 4.54. The van der Waals surface area contributed by atoms with Gasteiger partial charge in [-0.2, -0.15) is 4.98 Å². The minimum Gasteiger partial charge on any atom is -0.479 e. The molecule has 0 amide bonds. The van der Waals surface area contributed by atoms with E-state index in [1.807, 2.05) is 18.3 Å². The van der Waals surface area contributed by atoms with Gasteiger partial charge in [0.2, 0.25) is 11.8 Å². The Balaban J connectivity index is 1.51. The number of halogens is 2. The molecule has 0 saturated heterocycles. The summed E-state index contributed by atoms with van der Waals surface area (Å²) >= 11 is 0. The van der Waals surface area contributed by atoms with Gasteiger partial charge in [-0.3, -0.25) is 0 Å². The lowest BCUT2D eigenvalue weighted by Gasteiger charge is -2.26. The van der Waals surface area contributed by atoms with E-state index in [-0.39, 0.29) is 12.1 Å². The van der Waals surface area contributed by atoms with Gasteiger partial charge in [-0.15, -0.1) is 10.2 Å². The molecule has 1 fully saturated rings. The van der Waals surface area contributed by atoms with E-state index in [4.69, 9.17) is 4.74 Å². The Bertz CT molecular complexity index is 1250. The average Bonchev–Trinajstić information content (AvgIpc) is 3.38. The van der Waals surface area contributed by atoms with Crippen LogP contribution in [0.5, 0.6) is 5.88 Å². The van der Waals surface area contributed by atoms with Crippen molar-refractivity contribution in [2.75, 3.05) is 12.4 Å². The number of alkyl halides is 2. The number of methoxy groups -OCH3 is 1. The molecule has 1 saturated carbocycles. The van der Waals surface area contributed by atoms with Gasteiger partial charge in [0.15, 0.2) is 0 Å². The minimum atomic E-state index is -2.52. The summed E-state index contributed by atoms with van der Waals surface area (Å²) in [5, 5.41) is 25.4. The van der Waals surface area contributed by atoms with E-state index in [2.05, 4.69) is 25.7 Å². The standard InChI is InChI=1S/C21H23F2N7O2/c1-32-20-19-15(12-2-7-16-17(10-12)30(28-26-16)11-18(22)23)8-9-29(19)27-21(25-20)24-13-3-5-14(31)6-4-13/h2,7-10,13-14,18,31H,3-6,11H2,1H3,(H,24,27)/t13-,14-. The van der Waals surface area contributed by atoms with Crippen molar-refractivity contribution in [3.05, 3.63) is 30.5 Å². The number of hydrogen-bond acceptors (Lipinski definition) is 7. The molecule has 32 heavy (non-hydrogen) atoms. The molecule has 168 valence electrons. The van der Waals surface area contributed by atoms with Gasteiger partial charge >= 0.3 is 0 Å². The number of aliphatic hydroxyl groups is 1. The van der Waals surface area contributed by atoms with Gasteiger partial charge < -0.3 is 15.2 Å². The summed E-state index contributed by atoms with van der Waals surface area (Å²) in [6.07, 6.45) is 2.26. The van der Waals surface area contributed by atoms with Crippen LogP contribution in [-0.4, -0.2) is 60.4 Å². The highest BCUT2D eigenvalue weighted by Gasteiger charge is 2.22. The fraction of sp³-hybridized carbons (Fsp3) is 0.429. The summed E-state index contributed by atoms with van der Waals surface area (Å²) in [6, 6.07) is 7.48. The zero-order valence-corrected chi connectivity index (χ0v) is 17.4. The molecule has 0 atom stereocenters. The van der Waals surface area contributed by atoms with Crippen molar-refractivity contribution in [3.63, 3.8) is 0 Å². The first-order valence-electron chi connectivity index (χ1n) is 10.5. The molecule has 11 heteroatoms. The van der Waals surface area contributed by atoms with Crippen LogP contribution in [0.2, 0.25) is 0 Å². The number of ether oxygens (including phenoxy) is 1. The van der Waals surface area contributed by atoms with Crippen molar-refractivity contribution < 1.29 is 18.6 Å². The Hall–Kier alpha value is -3.34. The van der Waals surface area contributed by atoms with Crippen LogP contribution in [-0.2, 0) is 6.54 Å². The van der Waals surface area contributed by atoms with Crippen molar-refractivity contribution in [2.24, 2.45) is 0 Å². The molecule has 0 spiro atoms. The van der Waals surface area contributed by atoms with E-state index in [1.165, 1.54) is 4.68 Å². The van der Waals surface area contributed by atoms with Crippen molar-refractivity contribution in [1.29, 1.82) is 0 Å². The van der Waals surface area contributed by atoms with Crippen LogP contribution in [0.4, 0.5) is 14.7 Å². The summed E-state index contributed by atoms with van der Waals surface area (Å²) in [7, 11) is 1.55. The SMILES string of the molecule is COc1nc(N[C@H]2CC[C@H](O)CC2)nn2ccc(-c3ccc4nnn(CC(F)F)c4c3)c12. The van der Waals surface area contributed by atoms with Crippen LogP contribution < -0.4 is 10.1 Å². The summed E-state index contributed by atoms with van der Waals surface area (Å²) in [6.45, 7) is -0.518.